The van der Waals surface area contributed by atoms with E-state index in [1.54, 1.807) is 24.3 Å². The summed E-state index contributed by atoms with van der Waals surface area (Å²) in [6.07, 6.45) is 0.963. The Morgan fingerprint density at radius 1 is 0.750 bits per heavy atom. The molecule has 226 valence electrons. The number of benzene rings is 2. The zero-order valence-electron chi connectivity index (χ0n) is 23.2. The van der Waals surface area contributed by atoms with Crippen molar-refractivity contribution in [3.8, 4) is 11.5 Å². The van der Waals surface area contributed by atoms with E-state index < -0.39 is 6.23 Å². The minimum absolute atomic E-state index is 0.00721. The number of hydrogen-bond donors (Lipinski definition) is 6. The number of ether oxygens (including phenoxy) is 1. The number of nitrogens with one attached hydrogen (secondary N) is 1. The van der Waals surface area contributed by atoms with Crippen LogP contribution < -0.4 is 5.32 Å². The summed E-state index contributed by atoms with van der Waals surface area (Å²) in [5.41, 5.74) is 1.48. The van der Waals surface area contributed by atoms with Gasteiger partial charge in [0.1, 0.15) is 31.2 Å². The number of para-hydroxylation sites is 2. The fourth-order valence-corrected chi connectivity index (χ4v) is 4.61. The number of rotatable bonds is 23. The van der Waals surface area contributed by atoms with Crippen molar-refractivity contribution in [3.63, 3.8) is 0 Å². The van der Waals surface area contributed by atoms with E-state index in [1.807, 2.05) is 31.2 Å². The molecule has 0 heterocycles. The molecule has 0 aromatic heterocycles. The second-order valence-corrected chi connectivity index (χ2v) is 9.36. The summed E-state index contributed by atoms with van der Waals surface area (Å²) in [5.74, 6) is 0.367. The second kappa shape index (κ2) is 19.7. The van der Waals surface area contributed by atoms with Crippen LogP contribution in [0.25, 0.3) is 0 Å². The predicted molar refractivity (Wildman–Crippen MR) is 146 cm³/mol. The molecule has 0 aliphatic carbocycles. The van der Waals surface area contributed by atoms with Crippen LogP contribution in [0, 0.1) is 0 Å². The van der Waals surface area contributed by atoms with Gasteiger partial charge in [-0.2, -0.15) is 0 Å². The Morgan fingerprint density at radius 2 is 1.32 bits per heavy atom. The Balaban J connectivity index is 1.72. The fourth-order valence-electron chi connectivity index (χ4n) is 4.61. The number of likely N-dealkylation sites (N-methyl/N-ethyl adjacent to an activating group) is 1. The van der Waals surface area contributed by atoms with Crippen molar-refractivity contribution >= 4 is 0 Å². The molecule has 2 aromatic carbocycles. The lowest BCUT2D eigenvalue weighted by molar-refractivity contribution is -0.970. The summed E-state index contributed by atoms with van der Waals surface area (Å²) >= 11 is 0. The van der Waals surface area contributed by atoms with Crippen molar-refractivity contribution in [2.45, 2.75) is 38.5 Å². The molecule has 2 aromatic rings. The van der Waals surface area contributed by atoms with E-state index in [2.05, 4.69) is 15.4 Å². The Hall–Kier alpha value is -2.36. The average molecular weight is 570 g/mol. The number of aromatic hydroxyl groups is 2. The van der Waals surface area contributed by atoms with Gasteiger partial charge in [0, 0.05) is 24.8 Å². The standard InChI is InChI=1S/C28H44N2O10/c1-2-30(13-16-32,14-17-33)28(22-24-8-4-6-10-27(24)35)36-19-20-38-40-39-37-18-12-29-25(11-15-31)21-23-7-3-5-9-26(23)34/h3-10,25,28-29,31-33H,2,11-22H2,1H3,(H-,34,35)/p+1. The molecule has 12 heteroatoms. The number of quaternary nitrogens is 1. The van der Waals surface area contributed by atoms with Crippen molar-refractivity contribution in [3.05, 3.63) is 59.7 Å². The van der Waals surface area contributed by atoms with Gasteiger partial charge >= 0.3 is 0 Å². The molecule has 2 unspecified atom stereocenters. The van der Waals surface area contributed by atoms with Crippen LogP contribution in [0.3, 0.4) is 0 Å². The minimum atomic E-state index is -0.464. The SMILES string of the molecule is CC[N+](CCO)(CCO)C(Cc1ccccc1O)OCCOOOOCCNC(CCO)Cc1ccccc1O. The van der Waals surface area contributed by atoms with Gasteiger partial charge in [0.2, 0.25) is 0 Å². The number of nitrogens with zero attached hydrogens (tertiary/aromatic N) is 1. The first-order valence-electron chi connectivity index (χ1n) is 13.6. The van der Waals surface area contributed by atoms with Crippen LogP contribution in [0.5, 0.6) is 11.5 Å². The molecular formula is C28H45N2O10+. The Bertz CT molecular complexity index is 929. The first-order valence-corrected chi connectivity index (χ1v) is 13.6. The molecule has 0 saturated carbocycles. The highest BCUT2D eigenvalue weighted by Crippen LogP contribution is 2.24. The van der Waals surface area contributed by atoms with Crippen LogP contribution in [0.1, 0.15) is 24.5 Å². The molecule has 0 amide bonds. The maximum atomic E-state index is 10.3. The zero-order valence-corrected chi connectivity index (χ0v) is 23.2. The van der Waals surface area contributed by atoms with Crippen LogP contribution in [-0.2, 0) is 37.4 Å². The Labute approximate surface area is 235 Å². The highest BCUT2D eigenvalue weighted by Gasteiger charge is 2.36. The van der Waals surface area contributed by atoms with Gasteiger partial charge in [0.05, 0.1) is 39.4 Å². The molecule has 6 N–H and O–H groups in total. The number of phenolic OH excluding ortho intramolecular Hbond substituents is 2. The molecule has 40 heavy (non-hydrogen) atoms. The highest BCUT2D eigenvalue weighted by molar-refractivity contribution is 5.33. The normalized spacial score (nSPS) is 13.4. The number of hydrogen-bond acceptors (Lipinski definition) is 11. The number of aliphatic hydroxyl groups excluding tert-OH is 3. The lowest BCUT2D eigenvalue weighted by atomic mass is 10.0. The van der Waals surface area contributed by atoms with Crippen LogP contribution in [0.2, 0.25) is 0 Å². The number of phenols is 2. The van der Waals surface area contributed by atoms with Crippen LogP contribution in [0.15, 0.2) is 48.5 Å². The topological polar surface area (TPSA) is 159 Å². The van der Waals surface area contributed by atoms with Gasteiger partial charge in [0.25, 0.3) is 0 Å². The third-order valence-electron chi connectivity index (χ3n) is 6.87. The summed E-state index contributed by atoms with van der Waals surface area (Å²) in [6.45, 7) is 3.86. The number of aliphatic hydroxyl groups is 3. The van der Waals surface area contributed by atoms with Crippen molar-refractivity contribution in [1.29, 1.82) is 0 Å². The van der Waals surface area contributed by atoms with E-state index in [1.165, 1.54) is 0 Å². The molecule has 0 saturated heterocycles. The third-order valence-corrected chi connectivity index (χ3v) is 6.87. The molecule has 2 atom stereocenters. The van der Waals surface area contributed by atoms with Gasteiger partial charge in [-0.1, -0.05) is 36.4 Å². The van der Waals surface area contributed by atoms with Gasteiger partial charge in [-0.15, -0.1) is 0 Å². The average Bonchev–Trinajstić information content (AvgIpc) is 2.95. The van der Waals surface area contributed by atoms with E-state index in [0.29, 0.717) is 55.5 Å². The predicted octanol–water partition coefficient (Wildman–Crippen LogP) is 1.20. The third kappa shape index (κ3) is 11.6. The van der Waals surface area contributed by atoms with Gasteiger partial charge < -0.3 is 35.6 Å². The second-order valence-electron chi connectivity index (χ2n) is 9.36. The lowest BCUT2D eigenvalue weighted by Crippen LogP contribution is -2.60. The molecule has 0 bridgehead atoms. The maximum absolute atomic E-state index is 10.3. The fraction of sp³-hybridized carbons (Fsp3) is 0.571. The van der Waals surface area contributed by atoms with E-state index in [4.69, 9.17) is 14.5 Å². The molecule has 0 aliphatic heterocycles. The van der Waals surface area contributed by atoms with E-state index in [9.17, 15) is 25.5 Å². The summed E-state index contributed by atoms with van der Waals surface area (Å²) < 4.78 is 6.41. The van der Waals surface area contributed by atoms with Gasteiger partial charge in [-0.3, -0.25) is 4.48 Å². The zero-order chi connectivity index (χ0) is 29.1. The quantitative estimate of drug-likeness (QED) is 0.0375. The van der Waals surface area contributed by atoms with Crippen LogP contribution in [0.4, 0.5) is 0 Å². The van der Waals surface area contributed by atoms with E-state index in [0.717, 1.165) is 5.56 Å². The smallest absolute Gasteiger partial charge is 0.197 e. The molecule has 0 spiro atoms. The molecular weight excluding hydrogens is 524 g/mol. The Morgan fingerprint density at radius 3 is 1.88 bits per heavy atom. The molecule has 0 fully saturated rings. The largest absolute Gasteiger partial charge is 0.508 e. The van der Waals surface area contributed by atoms with Gasteiger partial charge in [-0.25, -0.2) is 9.78 Å². The summed E-state index contributed by atoms with van der Waals surface area (Å²) in [7, 11) is 0. The highest BCUT2D eigenvalue weighted by atomic mass is 17.7. The van der Waals surface area contributed by atoms with Crippen molar-refractivity contribution < 1.29 is 54.6 Å². The summed E-state index contributed by atoms with van der Waals surface area (Å²) in [5, 5.41) is 61.3. The maximum Gasteiger partial charge on any atom is 0.197 e. The first-order chi connectivity index (χ1) is 19.5. The van der Waals surface area contributed by atoms with Gasteiger partial charge in [0.15, 0.2) is 6.23 Å². The molecule has 12 nitrogen and oxygen atoms in total. The summed E-state index contributed by atoms with van der Waals surface area (Å²) in [4.78, 5) is 9.92. The van der Waals surface area contributed by atoms with Gasteiger partial charge in [-0.05, 0) is 47.5 Å². The van der Waals surface area contributed by atoms with E-state index in [-0.39, 0.29) is 57.2 Å². The molecule has 2 rings (SSSR count). The first kappa shape index (κ1) is 33.8. The van der Waals surface area contributed by atoms with Crippen molar-refractivity contribution in [2.24, 2.45) is 0 Å². The molecule has 0 aliphatic rings. The van der Waals surface area contributed by atoms with Crippen molar-refractivity contribution in [1.82, 2.24) is 5.32 Å². The minimum Gasteiger partial charge on any atom is -0.508 e. The van der Waals surface area contributed by atoms with Crippen LogP contribution >= 0.6 is 0 Å². The molecule has 0 radical (unpaired) electrons. The van der Waals surface area contributed by atoms with Crippen molar-refractivity contribution in [2.75, 3.05) is 65.8 Å². The Kier molecular flexibility index (Phi) is 16.6. The lowest BCUT2D eigenvalue weighted by Gasteiger charge is -2.43. The summed E-state index contributed by atoms with van der Waals surface area (Å²) in [6, 6.07) is 14.0. The monoisotopic (exact) mass is 569 g/mol. The van der Waals surface area contributed by atoms with Crippen LogP contribution in [-0.4, -0.2) is 108 Å². The van der Waals surface area contributed by atoms with E-state index >= 15 is 0 Å².